The number of halogens is 2. The van der Waals surface area contributed by atoms with Crippen LogP contribution in [0.5, 0.6) is 0 Å². The number of ether oxygens (including phenoxy) is 1. The second-order valence-corrected chi connectivity index (χ2v) is 5.76. The van der Waals surface area contributed by atoms with E-state index in [0.29, 0.717) is 13.2 Å². The average molecular weight is 385 g/mol. The highest BCUT2D eigenvalue weighted by Crippen LogP contribution is 2.20. The molecular weight excluding hydrogens is 370 g/mol. The predicted molar refractivity (Wildman–Crippen MR) is 86.4 cm³/mol. The Labute approximate surface area is 130 Å². The summed E-state index contributed by atoms with van der Waals surface area (Å²) in [7, 11) is 0. The first kappa shape index (κ1) is 14.6. The van der Waals surface area contributed by atoms with Gasteiger partial charge in [0.05, 0.1) is 13.2 Å². The van der Waals surface area contributed by atoms with E-state index in [0.717, 1.165) is 21.2 Å². The third kappa shape index (κ3) is 4.64. The fourth-order valence-electron chi connectivity index (χ4n) is 1.66. The van der Waals surface area contributed by atoms with Crippen LogP contribution in [0.4, 0.5) is 5.69 Å². The SMILES string of the molecule is Brc1ccccc1COCCNc1ccccc1Br. The molecule has 1 N–H and O–H groups in total. The van der Waals surface area contributed by atoms with Gasteiger partial charge in [0.1, 0.15) is 0 Å². The van der Waals surface area contributed by atoms with Crippen LogP contribution >= 0.6 is 31.9 Å². The Morgan fingerprint density at radius 3 is 2.32 bits per heavy atom. The Bertz CT molecular complexity index is 484. The number of anilines is 1. The number of nitrogens with one attached hydrogen (secondary N) is 1. The van der Waals surface area contributed by atoms with Crippen molar-refractivity contribution in [3.05, 3.63) is 63.0 Å². The molecule has 0 saturated heterocycles. The number of hydrogen-bond donors (Lipinski definition) is 1. The van der Waals surface area contributed by atoms with Crippen molar-refractivity contribution in [3.63, 3.8) is 0 Å². The number of para-hydroxylation sites is 1. The van der Waals surface area contributed by atoms with E-state index in [1.54, 1.807) is 0 Å². The molecule has 2 aromatic rings. The van der Waals surface area contributed by atoms with Gasteiger partial charge in [-0.3, -0.25) is 0 Å². The normalized spacial score (nSPS) is 10.4. The molecule has 0 atom stereocenters. The lowest BCUT2D eigenvalue weighted by atomic mass is 10.2. The molecule has 0 unspecified atom stereocenters. The fourth-order valence-corrected chi connectivity index (χ4v) is 2.48. The maximum atomic E-state index is 5.65. The van der Waals surface area contributed by atoms with Crippen LogP contribution < -0.4 is 5.32 Å². The molecule has 2 nitrogen and oxygen atoms in total. The highest BCUT2D eigenvalue weighted by atomic mass is 79.9. The molecule has 0 radical (unpaired) electrons. The lowest BCUT2D eigenvalue weighted by Crippen LogP contribution is -2.09. The zero-order valence-electron chi connectivity index (χ0n) is 10.4. The van der Waals surface area contributed by atoms with Crippen LogP contribution in [0.25, 0.3) is 0 Å². The number of rotatable bonds is 6. The van der Waals surface area contributed by atoms with E-state index in [4.69, 9.17) is 4.74 Å². The largest absolute Gasteiger partial charge is 0.382 e. The zero-order valence-corrected chi connectivity index (χ0v) is 13.6. The monoisotopic (exact) mass is 383 g/mol. The van der Waals surface area contributed by atoms with Gasteiger partial charge in [-0.15, -0.1) is 0 Å². The summed E-state index contributed by atoms with van der Waals surface area (Å²) in [5.74, 6) is 0. The van der Waals surface area contributed by atoms with Crippen molar-refractivity contribution in [2.75, 3.05) is 18.5 Å². The average Bonchev–Trinajstić information content (AvgIpc) is 2.42. The molecule has 0 aliphatic rings. The van der Waals surface area contributed by atoms with E-state index < -0.39 is 0 Å². The molecule has 0 aliphatic carbocycles. The van der Waals surface area contributed by atoms with Crippen molar-refractivity contribution in [3.8, 4) is 0 Å². The molecule has 4 heteroatoms. The Morgan fingerprint density at radius 1 is 0.895 bits per heavy atom. The van der Waals surface area contributed by atoms with Crippen molar-refractivity contribution in [2.24, 2.45) is 0 Å². The van der Waals surface area contributed by atoms with Gasteiger partial charge < -0.3 is 10.1 Å². The summed E-state index contributed by atoms with van der Waals surface area (Å²) >= 11 is 7.01. The third-order valence-corrected chi connectivity index (χ3v) is 4.12. The van der Waals surface area contributed by atoms with Crippen molar-refractivity contribution in [1.82, 2.24) is 0 Å². The van der Waals surface area contributed by atoms with Gasteiger partial charge in [0.2, 0.25) is 0 Å². The zero-order chi connectivity index (χ0) is 13.5. The standard InChI is InChI=1S/C15H15Br2NO/c16-13-6-2-1-5-12(13)11-19-10-9-18-15-8-4-3-7-14(15)17/h1-8,18H,9-11H2. The summed E-state index contributed by atoms with van der Waals surface area (Å²) in [4.78, 5) is 0. The third-order valence-electron chi connectivity index (χ3n) is 2.65. The molecule has 0 aromatic heterocycles. The smallest absolute Gasteiger partial charge is 0.0728 e. The Morgan fingerprint density at radius 2 is 1.58 bits per heavy atom. The predicted octanol–water partition coefficient (Wildman–Crippen LogP) is 4.84. The Hall–Kier alpha value is -0.840. The van der Waals surface area contributed by atoms with Crippen molar-refractivity contribution < 1.29 is 4.74 Å². The molecule has 0 spiro atoms. The van der Waals surface area contributed by atoms with Crippen molar-refractivity contribution in [1.29, 1.82) is 0 Å². The summed E-state index contributed by atoms with van der Waals surface area (Å²) in [5, 5.41) is 3.33. The fraction of sp³-hybridized carbons (Fsp3) is 0.200. The highest BCUT2D eigenvalue weighted by Gasteiger charge is 1.99. The van der Waals surface area contributed by atoms with E-state index >= 15 is 0 Å². The first-order chi connectivity index (χ1) is 9.27. The summed E-state index contributed by atoms with van der Waals surface area (Å²) in [6.45, 7) is 2.08. The van der Waals surface area contributed by atoms with E-state index in [1.807, 2.05) is 42.5 Å². The lowest BCUT2D eigenvalue weighted by Gasteiger charge is -2.09. The molecule has 0 heterocycles. The van der Waals surface area contributed by atoms with Gasteiger partial charge in [0, 0.05) is 21.2 Å². The summed E-state index contributed by atoms with van der Waals surface area (Å²) in [6, 6.07) is 16.2. The van der Waals surface area contributed by atoms with Gasteiger partial charge in [-0.05, 0) is 39.7 Å². The molecule has 0 amide bonds. The van der Waals surface area contributed by atoms with Gasteiger partial charge in [-0.2, -0.15) is 0 Å². The van der Waals surface area contributed by atoms with Gasteiger partial charge in [0.25, 0.3) is 0 Å². The molecule has 0 fully saturated rings. The first-order valence-corrected chi connectivity index (χ1v) is 7.65. The van der Waals surface area contributed by atoms with Crippen LogP contribution in [-0.4, -0.2) is 13.2 Å². The highest BCUT2D eigenvalue weighted by molar-refractivity contribution is 9.10. The number of hydrogen-bond acceptors (Lipinski definition) is 2. The van der Waals surface area contributed by atoms with Crippen LogP contribution in [0.3, 0.4) is 0 Å². The summed E-state index contributed by atoms with van der Waals surface area (Å²) < 4.78 is 7.82. The molecule has 100 valence electrons. The Kier molecular flexibility index (Phi) is 5.89. The minimum atomic E-state index is 0.624. The van der Waals surface area contributed by atoms with Crippen LogP contribution in [0.15, 0.2) is 57.5 Å². The van der Waals surface area contributed by atoms with Crippen molar-refractivity contribution >= 4 is 37.5 Å². The van der Waals surface area contributed by atoms with Crippen LogP contribution in [0.1, 0.15) is 5.56 Å². The van der Waals surface area contributed by atoms with Crippen LogP contribution in [0, 0.1) is 0 Å². The molecule has 0 aliphatic heterocycles. The molecule has 2 aromatic carbocycles. The van der Waals surface area contributed by atoms with Gasteiger partial charge in [-0.25, -0.2) is 0 Å². The van der Waals surface area contributed by atoms with Crippen molar-refractivity contribution in [2.45, 2.75) is 6.61 Å². The van der Waals surface area contributed by atoms with E-state index in [9.17, 15) is 0 Å². The molecule has 0 saturated carbocycles. The molecular formula is C15H15Br2NO. The minimum Gasteiger partial charge on any atom is -0.382 e. The lowest BCUT2D eigenvalue weighted by molar-refractivity contribution is 0.130. The summed E-state index contributed by atoms with van der Waals surface area (Å²) in [5.41, 5.74) is 2.26. The van der Waals surface area contributed by atoms with Gasteiger partial charge in [0.15, 0.2) is 0 Å². The Balaban J connectivity index is 1.71. The molecule has 19 heavy (non-hydrogen) atoms. The van der Waals surface area contributed by atoms with Gasteiger partial charge in [-0.1, -0.05) is 46.3 Å². The van der Waals surface area contributed by atoms with E-state index in [2.05, 4.69) is 43.2 Å². The maximum Gasteiger partial charge on any atom is 0.0728 e. The molecule has 2 rings (SSSR count). The quantitative estimate of drug-likeness (QED) is 0.719. The maximum absolute atomic E-state index is 5.65. The second-order valence-electron chi connectivity index (χ2n) is 4.05. The minimum absolute atomic E-state index is 0.624. The van der Waals surface area contributed by atoms with E-state index in [1.165, 1.54) is 5.56 Å². The van der Waals surface area contributed by atoms with Crippen LogP contribution in [-0.2, 0) is 11.3 Å². The van der Waals surface area contributed by atoms with Gasteiger partial charge >= 0.3 is 0 Å². The number of benzene rings is 2. The topological polar surface area (TPSA) is 21.3 Å². The first-order valence-electron chi connectivity index (χ1n) is 6.07. The van der Waals surface area contributed by atoms with E-state index in [-0.39, 0.29) is 0 Å². The molecule has 0 bridgehead atoms. The summed E-state index contributed by atoms with van der Waals surface area (Å²) in [6.07, 6.45) is 0. The second kappa shape index (κ2) is 7.68. The van der Waals surface area contributed by atoms with Crippen LogP contribution in [0.2, 0.25) is 0 Å².